The molecule has 2 aromatic carbocycles. The quantitative estimate of drug-likeness (QED) is 0.812. The van der Waals surface area contributed by atoms with E-state index in [1.807, 2.05) is 18.2 Å². The first-order valence-electron chi connectivity index (χ1n) is 6.76. The monoisotopic (exact) mass is 333 g/mol. The van der Waals surface area contributed by atoms with Gasteiger partial charge in [-0.3, -0.25) is 0 Å². The van der Waals surface area contributed by atoms with Gasteiger partial charge in [0.2, 0.25) is 0 Å². The molecule has 0 amide bonds. The molecule has 0 saturated heterocycles. The summed E-state index contributed by atoms with van der Waals surface area (Å²) in [6, 6.07) is 14.8. The minimum Gasteiger partial charge on any atom is -0.496 e. The normalized spacial score (nSPS) is 10.7. The average molecular weight is 334 g/mol. The highest BCUT2D eigenvalue weighted by Gasteiger charge is 2.02. The summed E-state index contributed by atoms with van der Waals surface area (Å²) in [5, 5.41) is 3.42. The van der Waals surface area contributed by atoms with Crippen LogP contribution in [-0.2, 0) is 6.54 Å². The van der Waals surface area contributed by atoms with Gasteiger partial charge in [-0.2, -0.15) is 0 Å². The Kier molecular flexibility index (Phi) is 5.07. The molecule has 106 valence electrons. The lowest BCUT2D eigenvalue weighted by molar-refractivity contribution is 0.412. The Morgan fingerprint density at radius 2 is 1.80 bits per heavy atom. The van der Waals surface area contributed by atoms with Crippen LogP contribution in [0.15, 0.2) is 46.9 Å². The number of methoxy groups -OCH3 is 1. The van der Waals surface area contributed by atoms with E-state index in [-0.39, 0.29) is 0 Å². The van der Waals surface area contributed by atoms with E-state index in [0.29, 0.717) is 5.92 Å². The maximum Gasteiger partial charge on any atom is 0.133 e. The summed E-state index contributed by atoms with van der Waals surface area (Å²) in [6.07, 6.45) is 0. The summed E-state index contributed by atoms with van der Waals surface area (Å²) in [4.78, 5) is 0. The van der Waals surface area contributed by atoms with Crippen molar-refractivity contribution in [2.45, 2.75) is 26.3 Å². The fourth-order valence-electron chi connectivity index (χ4n) is 2.00. The second kappa shape index (κ2) is 6.80. The molecule has 0 atom stereocenters. The van der Waals surface area contributed by atoms with Gasteiger partial charge >= 0.3 is 0 Å². The van der Waals surface area contributed by atoms with Crippen LogP contribution in [0.4, 0.5) is 5.69 Å². The molecule has 0 spiro atoms. The molecule has 3 heteroatoms. The Morgan fingerprint density at radius 3 is 2.35 bits per heavy atom. The molecule has 1 N–H and O–H groups in total. The average Bonchev–Trinajstić information content (AvgIpc) is 2.45. The first kappa shape index (κ1) is 14.9. The summed E-state index contributed by atoms with van der Waals surface area (Å²) in [7, 11) is 1.67. The lowest BCUT2D eigenvalue weighted by Gasteiger charge is -2.10. The van der Waals surface area contributed by atoms with E-state index in [9.17, 15) is 0 Å². The van der Waals surface area contributed by atoms with Crippen molar-refractivity contribution in [3.63, 3.8) is 0 Å². The third kappa shape index (κ3) is 3.76. The van der Waals surface area contributed by atoms with Crippen LogP contribution in [0.3, 0.4) is 0 Å². The molecule has 2 nitrogen and oxygen atoms in total. The van der Waals surface area contributed by atoms with Gasteiger partial charge in [0.15, 0.2) is 0 Å². The van der Waals surface area contributed by atoms with Gasteiger partial charge in [-0.15, -0.1) is 0 Å². The third-order valence-corrected chi connectivity index (χ3v) is 3.91. The minimum absolute atomic E-state index is 0.578. The summed E-state index contributed by atoms with van der Waals surface area (Å²) in [6.45, 7) is 5.24. The van der Waals surface area contributed by atoms with Crippen molar-refractivity contribution in [2.75, 3.05) is 12.4 Å². The Balaban J connectivity index is 1.99. The smallest absolute Gasteiger partial charge is 0.133 e. The van der Waals surface area contributed by atoms with E-state index in [1.165, 1.54) is 11.1 Å². The van der Waals surface area contributed by atoms with E-state index in [1.54, 1.807) is 7.11 Å². The molecule has 2 aromatic rings. The van der Waals surface area contributed by atoms with Crippen molar-refractivity contribution in [1.82, 2.24) is 0 Å². The molecule has 20 heavy (non-hydrogen) atoms. The molecule has 0 aromatic heterocycles. The molecule has 0 aliphatic carbocycles. The highest BCUT2D eigenvalue weighted by atomic mass is 79.9. The van der Waals surface area contributed by atoms with E-state index < -0.39 is 0 Å². The summed E-state index contributed by atoms with van der Waals surface area (Å²) in [5.41, 5.74) is 3.73. The Labute approximate surface area is 129 Å². The van der Waals surface area contributed by atoms with E-state index in [2.05, 4.69) is 59.4 Å². The van der Waals surface area contributed by atoms with Crippen LogP contribution in [0.5, 0.6) is 5.75 Å². The molecule has 0 unspecified atom stereocenters. The number of anilines is 1. The topological polar surface area (TPSA) is 21.3 Å². The molecule has 0 radical (unpaired) electrons. The van der Waals surface area contributed by atoms with Crippen LogP contribution in [-0.4, -0.2) is 7.11 Å². The fraction of sp³-hybridized carbons (Fsp3) is 0.294. The molecule has 0 fully saturated rings. The van der Waals surface area contributed by atoms with Crippen molar-refractivity contribution in [3.05, 3.63) is 58.1 Å². The van der Waals surface area contributed by atoms with E-state index >= 15 is 0 Å². The molecular formula is C17H20BrNO. The Bertz CT molecular complexity index is 564. The molecule has 0 bridgehead atoms. The summed E-state index contributed by atoms with van der Waals surface area (Å²) >= 11 is 3.49. The van der Waals surface area contributed by atoms with Crippen LogP contribution >= 0.6 is 15.9 Å². The van der Waals surface area contributed by atoms with Crippen LogP contribution < -0.4 is 10.1 Å². The van der Waals surface area contributed by atoms with Crippen molar-refractivity contribution in [2.24, 2.45) is 0 Å². The first-order valence-corrected chi connectivity index (χ1v) is 7.55. The number of rotatable bonds is 5. The molecule has 2 rings (SSSR count). The van der Waals surface area contributed by atoms with Crippen LogP contribution in [0.1, 0.15) is 30.9 Å². The van der Waals surface area contributed by atoms with Gasteiger partial charge in [-0.05, 0) is 51.2 Å². The predicted octanol–water partition coefficient (Wildman–Crippen LogP) is 5.19. The second-order valence-electron chi connectivity index (χ2n) is 5.10. The van der Waals surface area contributed by atoms with Gasteiger partial charge in [0.25, 0.3) is 0 Å². The zero-order valence-corrected chi connectivity index (χ0v) is 13.7. The van der Waals surface area contributed by atoms with Gasteiger partial charge in [-0.1, -0.05) is 38.1 Å². The minimum atomic E-state index is 0.578. The van der Waals surface area contributed by atoms with Crippen molar-refractivity contribution < 1.29 is 4.74 Å². The fourth-order valence-corrected chi connectivity index (χ4v) is 2.54. The Morgan fingerprint density at radius 1 is 1.10 bits per heavy atom. The zero-order chi connectivity index (χ0) is 14.5. The largest absolute Gasteiger partial charge is 0.496 e. The lowest BCUT2D eigenvalue weighted by Crippen LogP contribution is -2.00. The lowest BCUT2D eigenvalue weighted by atomic mass is 10.0. The number of hydrogen-bond donors (Lipinski definition) is 1. The zero-order valence-electron chi connectivity index (χ0n) is 12.1. The third-order valence-electron chi connectivity index (χ3n) is 3.29. The van der Waals surface area contributed by atoms with Crippen LogP contribution in [0.25, 0.3) is 0 Å². The second-order valence-corrected chi connectivity index (χ2v) is 5.95. The molecule has 0 aliphatic heterocycles. The van der Waals surface area contributed by atoms with Crippen molar-refractivity contribution in [1.29, 1.82) is 0 Å². The van der Waals surface area contributed by atoms with Gasteiger partial charge in [-0.25, -0.2) is 0 Å². The van der Waals surface area contributed by atoms with E-state index in [0.717, 1.165) is 22.5 Å². The maximum atomic E-state index is 5.22. The molecule has 0 aliphatic rings. The van der Waals surface area contributed by atoms with Gasteiger partial charge in [0, 0.05) is 12.2 Å². The number of ether oxygens (including phenoxy) is 1. The van der Waals surface area contributed by atoms with Crippen LogP contribution in [0.2, 0.25) is 0 Å². The molecule has 0 heterocycles. The number of benzene rings is 2. The number of halogens is 1. The molecule has 0 saturated carbocycles. The highest BCUT2D eigenvalue weighted by molar-refractivity contribution is 9.10. The van der Waals surface area contributed by atoms with E-state index in [4.69, 9.17) is 4.74 Å². The summed E-state index contributed by atoms with van der Waals surface area (Å²) in [5.74, 6) is 1.42. The number of nitrogens with one attached hydrogen (secondary N) is 1. The first-order chi connectivity index (χ1) is 9.60. The Hall–Kier alpha value is -1.48. The highest BCUT2D eigenvalue weighted by Crippen LogP contribution is 2.28. The standard InChI is InChI=1S/C17H20BrNO/c1-12(2)14-6-4-13(5-7-14)11-19-15-8-9-17(20-3)16(18)10-15/h4-10,12,19H,11H2,1-3H3. The predicted molar refractivity (Wildman–Crippen MR) is 88.6 cm³/mol. The van der Waals surface area contributed by atoms with Crippen molar-refractivity contribution in [3.8, 4) is 5.75 Å². The van der Waals surface area contributed by atoms with Gasteiger partial charge in [0.1, 0.15) is 5.75 Å². The van der Waals surface area contributed by atoms with Gasteiger partial charge in [0.05, 0.1) is 11.6 Å². The summed E-state index contributed by atoms with van der Waals surface area (Å²) < 4.78 is 6.18. The molecular weight excluding hydrogens is 314 g/mol. The maximum absolute atomic E-state index is 5.22. The van der Waals surface area contributed by atoms with Crippen LogP contribution in [0, 0.1) is 0 Å². The number of hydrogen-bond acceptors (Lipinski definition) is 2. The van der Waals surface area contributed by atoms with Gasteiger partial charge < -0.3 is 10.1 Å². The SMILES string of the molecule is COc1ccc(NCc2ccc(C(C)C)cc2)cc1Br. The van der Waals surface area contributed by atoms with Crippen molar-refractivity contribution >= 4 is 21.6 Å².